The summed E-state index contributed by atoms with van der Waals surface area (Å²) in [5, 5.41) is 11.9. The van der Waals surface area contributed by atoms with Gasteiger partial charge in [-0.25, -0.2) is 0 Å². The number of anilines is 1. The number of aromatic nitrogens is 2. The lowest BCUT2D eigenvalue weighted by atomic mass is 9.94. The molecule has 1 amide bonds. The Morgan fingerprint density at radius 3 is 2.91 bits per heavy atom. The fourth-order valence-electron chi connectivity index (χ4n) is 2.45. The lowest BCUT2D eigenvalue weighted by molar-refractivity contribution is -0.128. The van der Waals surface area contributed by atoms with E-state index in [2.05, 4.69) is 15.5 Å². The fourth-order valence-corrected chi connectivity index (χ4v) is 3.11. The Labute approximate surface area is 132 Å². The van der Waals surface area contributed by atoms with E-state index >= 15 is 0 Å². The number of benzene rings is 1. The Morgan fingerprint density at radius 1 is 1.41 bits per heavy atom. The van der Waals surface area contributed by atoms with Gasteiger partial charge in [0.25, 0.3) is 0 Å². The average molecular weight is 318 g/mol. The third kappa shape index (κ3) is 2.89. The van der Waals surface area contributed by atoms with Crippen LogP contribution in [0.3, 0.4) is 0 Å². The molecule has 3 N–H and O–H groups in total. The molecule has 1 aliphatic heterocycles. The number of nitrogens with one attached hydrogen (secondary N) is 1. The molecule has 0 saturated carbocycles. The molecule has 1 aliphatic rings. The van der Waals surface area contributed by atoms with E-state index < -0.39 is 5.54 Å². The number of carbonyl (C=O) groups excluding carboxylic acids is 1. The predicted octanol–water partition coefficient (Wildman–Crippen LogP) is 1.72. The highest BCUT2D eigenvalue weighted by atomic mass is 32.1. The Hall–Kier alpha value is -2.15. The minimum atomic E-state index is -0.608. The molecule has 6 nitrogen and oxygen atoms in total. The molecule has 2 heterocycles. The lowest BCUT2D eigenvalue weighted by Crippen LogP contribution is -2.46. The van der Waals surface area contributed by atoms with Crippen LogP contribution in [0.5, 0.6) is 5.75 Å². The summed E-state index contributed by atoms with van der Waals surface area (Å²) in [6.07, 6.45) is 0.677. The van der Waals surface area contributed by atoms with E-state index in [9.17, 15) is 4.79 Å². The number of fused-ring (bicyclic) bond motifs is 1. The molecule has 22 heavy (non-hydrogen) atoms. The molecule has 1 aromatic carbocycles. The number of amides is 1. The standard InChI is InChI=1S/C15H18N4O2S/c1-15(2,13-18-19-14(16)22-13)17-12(20)10-7-9-5-3-4-6-11(9)21-8-10/h3-6,10H,7-8H2,1-2H3,(H2,16,19)(H,17,20). The van der Waals surface area contributed by atoms with E-state index in [1.165, 1.54) is 11.3 Å². The number of carbonyl (C=O) groups is 1. The van der Waals surface area contributed by atoms with Gasteiger partial charge in [0.15, 0.2) is 0 Å². The van der Waals surface area contributed by atoms with Gasteiger partial charge in [-0.15, -0.1) is 10.2 Å². The molecule has 2 aromatic rings. The number of hydrogen-bond acceptors (Lipinski definition) is 6. The molecule has 1 unspecified atom stereocenters. The summed E-state index contributed by atoms with van der Waals surface area (Å²) in [4.78, 5) is 12.5. The van der Waals surface area contributed by atoms with Crippen LogP contribution in [0.4, 0.5) is 5.13 Å². The molecule has 0 radical (unpaired) electrons. The Kier molecular flexibility index (Phi) is 3.74. The van der Waals surface area contributed by atoms with Crippen LogP contribution in [0, 0.1) is 5.92 Å². The smallest absolute Gasteiger partial charge is 0.227 e. The van der Waals surface area contributed by atoms with Crippen molar-refractivity contribution in [2.45, 2.75) is 25.8 Å². The van der Waals surface area contributed by atoms with Crippen molar-refractivity contribution in [2.24, 2.45) is 5.92 Å². The second kappa shape index (κ2) is 5.57. The zero-order valence-corrected chi connectivity index (χ0v) is 13.3. The summed E-state index contributed by atoms with van der Waals surface area (Å²) in [5.74, 6) is 0.607. The van der Waals surface area contributed by atoms with Gasteiger partial charge in [-0.2, -0.15) is 0 Å². The van der Waals surface area contributed by atoms with E-state index in [0.717, 1.165) is 11.3 Å². The minimum absolute atomic E-state index is 0.0479. The molecule has 3 rings (SSSR count). The summed E-state index contributed by atoms with van der Waals surface area (Å²) < 4.78 is 5.68. The van der Waals surface area contributed by atoms with Crippen molar-refractivity contribution < 1.29 is 9.53 Å². The minimum Gasteiger partial charge on any atom is -0.492 e. The van der Waals surface area contributed by atoms with Crippen molar-refractivity contribution >= 4 is 22.4 Å². The molecule has 0 saturated heterocycles. The van der Waals surface area contributed by atoms with Crippen LogP contribution in [-0.2, 0) is 16.8 Å². The van der Waals surface area contributed by atoms with E-state index in [1.54, 1.807) is 0 Å². The van der Waals surface area contributed by atoms with Crippen LogP contribution >= 0.6 is 11.3 Å². The lowest BCUT2D eigenvalue weighted by Gasteiger charge is -2.29. The first-order valence-electron chi connectivity index (χ1n) is 7.08. The summed E-state index contributed by atoms with van der Waals surface area (Å²) in [6.45, 7) is 4.17. The Balaban J connectivity index is 1.70. The van der Waals surface area contributed by atoms with Gasteiger partial charge in [-0.05, 0) is 31.9 Å². The van der Waals surface area contributed by atoms with E-state index in [1.807, 2.05) is 38.1 Å². The van der Waals surface area contributed by atoms with Crippen LogP contribution in [0.25, 0.3) is 0 Å². The first kappa shape index (κ1) is 14.8. The summed E-state index contributed by atoms with van der Waals surface area (Å²) in [6, 6.07) is 7.81. The normalized spacial score (nSPS) is 17.5. The van der Waals surface area contributed by atoms with Crippen LogP contribution in [0.1, 0.15) is 24.4 Å². The van der Waals surface area contributed by atoms with Gasteiger partial charge in [0.2, 0.25) is 11.0 Å². The molecular weight excluding hydrogens is 300 g/mol. The molecule has 0 fully saturated rings. The van der Waals surface area contributed by atoms with Crippen molar-refractivity contribution in [3.63, 3.8) is 0 Å². The van der Waals surface area contributed by atoms with E-state index in [-0.39, 0.29) is 11.8 Å². The van der Waals surface area contributed by atoms with Gasteiger partial charge in [-0.1, -0.05) is 29.5 Å². The number of nitrogens with two attached hydrogens (primary N) is 1. The van der Waals surface area contributed by atoms with Gasteiger partial charge in [-0.3, -0.25) is 4.79 Å². The van der Waals surface area contributed by atoms with E-state index in [4.69, 9.17) is 10.5 Å². The number of hydrogen-bond donors (Lipinski definition) is 2. The molecule has 0 bridgehead atoms. The maximum Gasteiger partial charge on any atom is 0.227 e. The number of rotatable bonds is 3. The van der Waals surface area contributed by atoms with Crippen molar-refractivity contribution in [3.8, 4) is 5.75 Å². The molecular formula is C15H18N4O2S. The van der Waals surface area contributed by atoms with Gasteiger partial charge in [0.1, 0.15) is 17.4 Å². The number of nitrogen functional groups attached to an aromatic ring is 1. The van der Waals surface area contributed by atoms with Crippen LogP contribution in [0.2, 0.25) is 0 Å². The van der Waals surface area contributed by atoms with Crippen LogP contribution in [0.15, 0.2) is 24.3 Å². The highest BCUT2D eigenvalue weighted by Gasteiger charge is 2.32. The SMILES string of the molecule is CC(C)(NC(=O)C1COc2ccccc2C1)c1nnc(N)s1. The molecule has 0 spiro atoms. The third-order valence-electron chi connectivity index (χ3n) is 3.66. The first-order valence-corrected chi connectivity index (χ1v) is 7.89. The zero-order chi connectivity index (χ0) is 15.7. The molecule has 1 atom stereocenters. The monoisotopic (exact) mass is 318 g/mol. The molecule has 1 aromatic heterocycles. The quantitative estimate of drug-likeness (QED) is 0.899. The number of nitrogens with zero attached hydrogens (tertiary/aromatic N) is 2. The van der Waals surface area contributed by atoms with Crippen molar-refractivity contribution in [1.29, 1.82) is 0 Å². The average Bonchev–Trinajstić information content (AvgIpc) is 2.94. The molecule has 116 valence electrons. The molecule has 7 heteroatoms. The highest BCUT2D eigenvalue weighted by molar-refractivity contribution is 7.15. The van der Waals surface area contributed by atoms with Gasteiger partial charge >= 0.3 is 0 Å². The Bertz CT molecular complexity index is 698. The first-order chi connectivity index (χ1) is 10.5. The maximum atomic E-state index is 12.5. The summed E-state index contributed by atoms with van der Waals surface area (Å²) in [5.41, 5.74) is 6.07. The predicted molar refractivity (Wildman–Crippen MR) is 84.6 cm³/mol. The maximum absolute atomic E-state index is 12.5. The largest absolute Gasteiger partial charge is 0.492 e. The molecule has 0 aliphatic carbocycles. The van der Waals surface area contributed by atoms with Crippen molar-refractivity contribution in [1.82, 2.24) is 15.5 Å². The topological polar surface area (TPSA) is 90.1 Å². The number of ether oxygens (including phenoxy) is 1. The van der Waals surface area contributed by atoms with Gasteiger partial charge < -0.3 is 15.8 Å². The second-order valence-corrected chi connectivity index (χ2v) is 6.89. The Morgan fingerprint density at radius 2 is 2.18 bits per heavy atom. The summed E-state index contributed by atoms with van der Waals surface area (Å²) in [7, 11) is 0. The van der Waals surface area contributed by atoms with Crippen LogP contribution < -0.4 is 15.8 Å². The van der Waals surface area contributed by atoms with Crippen LogP contribution in [-0.4, -0.2) is 22.7 Å². The highest BCUT2D eigenvalue weighted by Crippen LogP contribution is 2.29. The fraction of sp³-hybridized carbons (Fsp3) is 0.400. The van der Waals surface area contributed by atoms with Crippen molar-refractivity contribution in [3.05, 3.63) is 34.8 Å². The third-order valence-corrected chi connectivity index (χ3v) is 4.74. The number of para-hydroxylation sites is 1. The van der Waals surface area contributed by atoms with Gasteiger partial charge in [0.05, 0.1) is 11.5 Å². The van der Waals surface area contributed by atoms with E-state index in [0.29, 0.717) is 23.2 Å². The van der Waals surface area contributed by atoms with Crippen molar-refractivity contribution in [2.75, 3.05) is 12.3 Å². The van der Waals surface area contributed by atoms with Gasteiger partial charge in [0, 0.05) is 0 Å². The summed E-state index contributed by atoms with van der Waals surface area (Å²) >= 11 is 1.28. The zero-order valence-electron chi connectivity index (χ0n) is 12.5. The second-order valence-electron chi connectivity index (χ2n) is 5.88.